The van der Waals surface area contributed by atoms with Gasteiger partial charge in [-0.2, -0.15) is 5.10 Å². The van der Waals surface area contributed by atoms with Crippen LogP contribution in [0, 0.1) is 6.92 Å². The summed E-state index contributed by atoms with van der Waals surface area (Å²) in [5, 5.41) is 8.32. The van der Waals surface area contributed by atoms with Gasteiger partial charge in [-0.1, -0.05) is 24.3 Å². The highest BCUT2D eigenvalue weighted by Gasteiger charge is 2.30. The van der Waals surface area contributed by atoms with Crippen molar-refractivity contribution in [2.24, 2.45) is 7.05 Å². The smallest absolute Gasteiger partial charge is 0.237 e. The molecule has 0 saturated carbocycles. The van der Waals surface area contributed by atoms with Gasteiger partial charge in [0, 0.05) is 38.8 Å². The summed E-state index contributed by atoms with van der Waals surface area (Å²) < 4.78 is 1.80. The second-order valence-electron chi connectivity index (χ2n) is 6.93. The van der Waals surface area contributed by atoms with E-state index in [1.165, 1.54) is 11.1 Å². The minimum Gasteiger partial charge on any atom is -0.358 e. The summed E-state index contributed by atoms with van der Waals surface area (Å²) >= 11 is 0. The SMILES string of the molecule is CNC(=O)C1Cc2ccccc2CN1Cc1cnc2c(c1)c(C)nn2C. The molecule has 3 heterocycles. The predicted molar refractivity (Wildman–Crippen MR) is 100 cm³/mol. The van der Waals surface area contributed by atoms with E-state index < -0.39 is 0 Å². The maximum atomic E-state index is 12.5. The lowest BCUT2D eigenvalue weighted by molar-refractivity contribution is -0.126. The first-order valence-corrected chi connectivity index (χ1v) is 8.87. The molecule has 1 atom stereocenters. The van der Waals surface area contributed by atoms with Crippen LogP contribution in [-0.2, 0) is 31.4 Å². The molecule has 134 valence electrons. The fourth-order valence-corrected chi connectivity index (χ4v) is 3.84. The number of carbonyl (C=O) groups excluding carboxylic acids is 1. The highest BCUT2D eigenvalue weighted by molar-refractivity contribution is 5.82. The van der Waals surface area contributed by atoms with Crippen molar-refractivity contribution in [3.8, 4) is 0 Å². The van der Waals surface area contributed by atoms with Crippen LogP contribution in [0.25, 0.3) is 11.0 Å². The molecule has 0 fully saturated rings. The van der Waals surface area contributed by atoms with Gasteiger partial charge in [-0.05, 0) is 36.1 Å². The number of rotatable bonds is 3. The number of hydrogen-bond donors (Lipinski definition) is 1. The van der Waals surface area contributed by atoms with E-state index in [4.69, 9.17) is 0 Å². The fraction of sp³-hybridized carbons (Fsp3) is 0.350. The Kier molecular flexibility index (Phi) is 4.20. The van der Waals surface area contributed by atoms with Crippen LogP contribution in [0.3, 0.4) is 0 Å². The highest BCUT2D eigenvalue weighted by Crippen LogP contribution is 2.26. The van der Waals surface area contributed by atoms with Crippen LogP contribution in [0.4, 0.5) is 0 Å². The number of fused-ring (bicyclic) bond motifs is 2. The van der Waals surface area contributed by atoms with Crippen LogP contribution in [0.1, 0.15) is 22.4 Å². The summed E-state index contributed by atoms with van der Waals surface area (Å²) in [5.41, 5.74) is 5.51. The van der Waals surface area contributed by atoms with Gasteiger partial charge < -0.3 is 5.32 Å². The topological polar surface area (TPSA) is 63.1 Å². The molecule has 3 aromatic rings. The van der Waals surface area contributed by atoms with Gasteiger partial charge in [-0.15, -0.1) is 0 Å². The molecule has 1 aromatic carbocycles. The van der Waals surface area contributed by atoms with E-state index in [0.717, 1.165) is 35.3 Å². The molecule has 0 radical (unpaired) electrons. The lowest BCUT2D eigenvalue weighted by Crippen LogP contribution is -2.49. The van der Waals surface area contributed by atoms with Crippen LogP contribution in [0.2, 0.25) is 0 Å². The number of nitrogens with one attached hydrogen (secondary N) is 1. The second-order valence-corrected chi connectivity index (χ2v) is 6.93. The van der Waals surface area contributed by atoms with Crippen molar-refractivity contribution in [1.29, 1.82) is 0 Å². The number of pyridine rings is 1. The number of hydrogen-bond acceptors (Lipinski definition) is 4. The summed E-state index contributed by atoms with van der Waals surface area (Å²) in [4.78, 5) is 19.3. The van der Waals surface area contributed by atoms with Crippen molar-refractivity contribution in [2.45, 2.75) is 32.5 Å². The van der Waals surface area contributed by atoms with E-state index in [-0.39, 0.29) is 11.9 Å². The number of carbonyl (C=O) groups is 1. The summed E-state index contributed by atoms with van der Waals surface area (Å²) in [6, 6.07) is 10.3. The van der Waals surface area contributed by atoms with Crippen molar-refractivity contribution in [3.63, 3.8) is 0 Å². The van der Waals surface area contributed by atoms with Crippen molar-refractivity contribution >= 4 is 16.9 Å². The van der Waals surface area contributed by atoms with E-state index in [1.54, 1.807) is 11.7 Å². The van der Waals surface area contributed by atoms with Gasteiger partial charge in [0.2, 0.25) is 5.91 Å². The maximum Gasteiger partial charge on any atom is 0.237 e. The van der Waals surface area contributed by atoms with Crippen molar-refractivity contribution in [1.82, 2.24) is 25.0 Å². The number of aromatic nitrogens is 3. The average molecular weight is 349 g/mol. The number of nitrogens with zero attached hydrogens (tertiary/aromatic N) is 4. The Morgan fingerprint density at radius 3 is 2.85 bits per heavy atom. The minimum absolute atomic E-state index is 0.0612. The van der Waals surface area contributed by atoms with E-state index in [0.29, 0.717) is 6.54 Å². The average Bonchev–Trinajstić information content (AvgIpc) is 2.94. The zero-order valence-electron chi connectivity index (χ0n) is 15.4. The summed E-state index contributed by atoms with van der Waals surface area (Å²) in [5.74, 6) is 0.0612. The van der Waals surface area contributed by atoms with E-state index in [9.17, 15) is 4.79 Å². The molecular formula is C20H23N5O. The zero-order valence-corrected chi connectivity index (χ0v) is 15.4. The number of benzene rings is 1. The molecule has 1 unspecified atom stereocenters. The first-order valence-electron chi connectivity index (χ1n) is 8.87. The van der Waals surface area contributed by atoms with Crippen LogP contribution < -0.4 is 5.32 Å². The Labute approximate surface area is 152 Å². The lowest BCUT2D eigenvalue weighted by Gasteiger charge is -2.35. The first-order chi connectivity index (χ1) is 12.6. The molecule has 2 aromatic heterocycles. The van der Waals surface area contributed by atoms with Gasteiger partial charge in [0.1, 0.15) is 0 Å². The Morgan fingerprint density at radius 1 is 1.31 bits per heavy atom. The van der Waals surface area contributed by atoms with Crippen LogP contribution in [0.5, 0.6) is 0 Å². The van der Waals surface area contributed by atoms with Crippen LogP contribution >= 0.6 is 0 Å². The monoisotopic (exact) mass is 349 g/mol. The van der Waals surface area contributed by atoms with Gasteiger partial charge >= 0.3 is 0 Å². The quantitative estimate of drug-likeness (QED) is 0.785. The van der Waals surface area contributed by atoms with Crippen LogP contribution in [-0.4, -0.2) is 38.7 Å². The van der Waals surface area contributed by atoms with Crippen molar-refractivity contribution in [2.75, 3.05) is 7.05 Å². The van der Waals surface area contributed by atoms with Crippen molar-refractivity contribution in [3.05, 3.63) is 58.9 Å². The number of aryl methyl sites for hydroxylation is 2. The molecule has 1 aliphatic heterocycles. The number of likely N-dealkylation sites (N-methyl/N-ethyl adjacent to an activating group) is 1. The molecule has 6 nitrogen and oxygen atoms in total. The Morgan fingerprint density at radius 2 is 2.08 bits per heavy atom. The molecule has 0 aliphatic carbocycles. The normalized spacial score (nSPS) is 17.3. The maximum absolute atomic E-state index is 12.5. The number of amides is 1. The first kappa shape index (κ1) is 16.7. The molecule has 1 N–H and O–H groups in total. The highest BCUT2D eigenvalue weighted by atomic mass is 16.2. The van der Waals surface area contributed by atoms with Crippen molar-refractivity contribution < 1.29 is 4.79 Å². The summed E-state index contributed by atoms with van der Waals surface area (Å²) in [6.07, 6.45) is 2.63. The molecular weight excluding hydrogens is 326 g/mol. The predicted octanol–water partition coefficient (Wildman–Crippen LogP) is 1.95. The molecule has 0 spiro atoms. The lowest BCUT2D eigenvalue weighted by atomic mass is 9.93. The molecule has 1 aliphatic rings. The molecule has 1 amide bonds. The minimum atomic E-state index is -0.166. The van der Waals surface area contributed by atoms with Gasteiger partial charge in [0.15, 0.2) is 5.65 Å². The summed E-state index contributed by atoms with van der Waals surface area (Å²) in [6.45, 7) is 3.44. The third-order valence-electron chi connectivity index (χ3n) is 5.20. The van der Waals surface area contributed by atoms with E-state index >= 15 is 0 Å². The van der Waals surface area contributed by atoms with Gasteiger partial charge in [-0.25, -0.2) is 4.98 Å². The molecule has 26 heavy (non-hydrogen) atoms. The largest absolute Gasteiger partial charge is 0.358 e. The molecule has 4 rings (SSSR count). The fourth-order valence-electron chi connectivity index (χ4n) is 3.84. The zero-order chi connectivity index (χ0) is 18.3. The van der Waals surface area contributed by atoms with Gasteiger partial charge in [0.25, 0.3) is 0 Å². The second kappa shape index (κ2) is 6.53. The third-order valence-corrected chi connectivity index (χ3v) is 5.20. The third kappa shape index (κ3) is 2.86. The Balaban J connectivity index is 1.66. The molecule has 0 saturated heterocycles. The Bertz CT molecular complexity index is 977. The standard InChI is InChI=1S/C20H23N5O/c1-13-17-8-14(10-22-19(17)24(3)23-13)11-25-12-16-7-5-4-6-15(16)9-18(25)20(26)21-2/h4-8,10,18H,9,11-12H2,1-3H3,(H,21,26). The molecule has 0 bridgehead atoms. The van der Waals surface area contributed by atoms with Gasteiger partial charge in [0.05, 0.1) is 11.7 Å². The Hall–Kier alpha value is -2.73. The van der Waals surface area contributed by atoms with Gasteiger partial charge in [-0.3, -0.25) is 14.4 Å². The van der Waals surface area contributed by atoms with E-state index in [1.807, 2.05) is 26.2 Å². The molecule has 6 heteroatoms. The van der Waals surface area contributed by atoms with Crippen LogP contribution in [0.15, 0.2) is 36.5 Å². The van der Waals surface area contributed by atoms with E-state index in [2.05, 4.69) is 44.6 Å². The summed E-state index contributed by atoms with van der Waals surface area (Å²) in [7, 11) is 3.61.